The first-order valence-electron chi connectivity index (χ1n) is 9.47. The van der Waals surface area contributed by atoms with Crippen molar-refractivity contribution in [3.63, 3.8) is 0 Å². The van der Waals surface area contributed by atoms with Crippen LogP contribution in [0.3, 0.4) is 0 Å². The fraction of sp³-hybridized carbons (Fsp3) is 0.333. The Morgan fingerprint density at radius 1 is 1.17 bits per heavy atom. The molecule has 0 N–H and O–H groups in total. The molecular weight excluding hydrogens is 411 g/mol. The van der Waals surface area contributed by atoms with Gasteiger partial charge in [-0.05, 0) is 40.5 Å². The third-order valence-electron chi connectivity index (χ3n) is 6.48. The summed E-state index contributed by atoms with van der Waals surface area (Å²) >= 11 is 5.47. The lowest BCUT2D eigenvalue weighted by Crippen LogP contribution is -2.22. The van der Waals surface area contributed by atoms with Crippen molar-refractivity contribution in [1.82, 2.24) is 0 Å². The van der Waals surface area contributed by atoms with Crippen LogP contribution in [-0.2, 0) is 4.79 Å². The zero-order valence-electron chi connectivity index (χ0n) is 16.8. The van der Waals surface area contributed by atoms with Crippen molar-refractivity contribution in [2.75, 3.05) is 0 Å². The molecule has 2 aromatic rings. The molecule has 3 unspecified atom stereocenters. The summed E-state index contributed by atoms with van der Waals surface area (Å²) < 4.78 is 39.0. The van der Waals surface area contributed by atoms with Crippen molar-refractivity contribution >= 4 is 17.9 Å². The smallest absolute Gasteiger partial charge is 0.303 e. The Morgan fingerprint density at radius 3 is 2.33 bits per heavy atom. The van der Waals surface area contributed by atoms with E-state index in [0.717, 1.165) is 22.8 Å². The van der Waals surface area contributed by atoms with Gasteiger partial charge in [0.25, 0.3) is 0 Å². The summed E-state index contributed by atoms with van der Waals surface area (Å²) in [5.74, 6) is -1.71. The number of rotatable bonds is 5. The molecule has 0 radical (unpaired) electrons. The number of aldehydes is 1. The Hall–Kier alpha value is -2.58. The molecule has 3 rings (SSSR count). The fourth-order valence-corrected chi connectivity index (χ4v) is 4.76. The molecular formula is C24H21ClF3NO. The standard InChI is InChI=1S/C24H21ClF3NO/c1-15-17(16-8-5-4-6-9-16)10-7-11-18(15)19(13-29)23(14-30)20(22(23,2)3)12-21(25)24(26,27)28/h4-12,14,19-20H,1-3H3. The molecule has 1 fully saturated rings. The number of carbonyl (C=O) groups is 1. The van der Waals surface area contributed by atoms with Gasteiger partial charge in [-0.15, -0.1) is 0 Å². The van der Waals surface area contributed by atoms with Crippen LogP contribution in [-0.4, -0.2) is 12.5 Å². The summed E-state index contributed by atoms with van der Waals surface area (Å²) in [6, 6.07) is 17.3. The van der Waals surface area contributed by atoms with Gasteiger partial charge in [0.1, 0.15) is 11.3 Å². The van der Waals surface area contributed by atoms with E-state index in [2.05, 4.69) is 6.07 Å². The van der Waals surface area contributed by atoms with Crippen molar-refractivity contribution in [3.8, 4) is 17.2 Å². The van der Waals surface area contributed by atoms with Gasteiger partial charge >= 0.3 is 6.18 Å². The summed E-state index contributed by atoms with van der Waals surface area (Å²) in [6.45, 7) is 5.26. The lowest BCUT2D eigenvalue weighted by atomic mass is 9.77. The quantitative estimate of drug-likeness (QED) is 0.488. The summed E-state index contributed by atoms with van der Waals surface area (Å²) in [6.07, 6.45) is -3.17. The number of alkyl halides is 3. The van der Waals surface area contributed by atoms with E-state index in [9.17, 15) is 23.2 Å². The predicted molar refractivity (Wildman–Crippen MR) is 111 cm³/mol. The zero-order chi connectivity index (χ0) is 22.3. The van der Waals surface area contributed by atoms with Crippen LogP contribution in [0.5, 0.6) is 0 Å². The molecule has 30 heavy (non-hydrogen) atoms. The van der Waals surface area contributed by atoms with Crippen molar-refractivity contribution in [1.29, 1.82) is 5.26 Å². The Balaban J connectivity index is 2.12. The highest BCUT2D eigenvalue weighted by Gasteiger charge is 2.74. The van der Waals surface area contributed by atoms with Gasteiger partial charge in [-0.25, -0.2) is 0 Å². The Morgan fingerprint density at radius 2 is 1.80 bits per heavy atom. The van der Waals surface area contributed by atoms with E-state index in [1.165, 1.54) is 0 Å². The molecule has 0 heterocycles. The predicted octanol–water partition coefficient (Wildman–Crippen LogP) is 6.80. The topological polar surface area (TPSA) is 40.9 Å². The Kier molecular flexibility index (Phi) is 5.60. The number of nitrogens with zero attached hydrogens (tertiary/aromatic N) is 1. The van der Waals surface area contributed by atoms with Crippen molar-refractivity contribution in [2.45, 2.75) is 32.9 Å². The molecule has 2 aromatic carbocycles. The van der Waals surface area contributed by atoms with E-state index in [1.54, 1.807) is 26.0 Å². The highest BCUT2D eigenvalue weighted by atomic mass is 35.5. The molecule has 0 amide bonds. The summed E-state index contributed by atoms with van der Waals surface area (Å²) in [5, 5.41) is 8.76. The molecule has 0 saturated heterocycles. The second kappa shape index (κ2) is 7.59. The maximum absolute atomic E-state index is 13.0. The molecule has 1 aliphatic rings. The van der Waals surface area contributed by atoms with Gasteiger partial charge in [0.2, 0.25) is 0 Å². The number of hydrogen-bond donors (Lipinski definition) is 0. The average molecular weight is 432 g/mol. The van der Waals surface area contributed by atoms with Crippen molar-refractivity contribution in [3.05, 3.63) is 70.8 Å². The summed E-state index contributed by atoms with van der Waals surface area (Å²) in [7, 11) is 0. The third kappa shape index (κ3) is 3.33. The number of halogens is 4. The van der Waals surface area contributed by atoms with Gasteiger partial charge in [0.05, 0.1) is 17.4 Å². The highest BCUT2D eigenvalue weighted by Crippen LogP contribution is 2.74. The van der Waals surface area contributed by atoms with E-state index in [1.807, 2.05) is 43.3 Å². The molecule has 6 heteroatoms. The first kappa shape index (κ1) is 22.1. The van der Waals surface area contributed by atoms with E-state index in [-0.39, 0.29) is 0 Å². The van der Waals surface area contributed by atoms with Crippen LogP contribution in [0.15, 0.2) is 59.6 Å². The van der Waals surface area contributed by atoms with E-state index in [4.69, 9.17) is 11.6 Å². The van der Waals surface area contributed by atoms with Crippen LogP contribution < -0.4 is 0 Å². The van der Waals surface area contributed by atoms with E-state index in [0.29, 0.717) is 11.8 Å². The Labute approximate surface area is 179 Å². The molecule has 2 nitrogen and oxygen atoms in total. The van der Waals surface area contributed by atoms with Crippen LogP contribution in [0.1, 0.15) is 30.9 Å². The maximum Gasteiger partial charge on any atom is 0.426 e. The monoisotopic (exact) mass is 431 g/mol. The van der Waals surface area contributed by atoms with Gasteiger partial charge in [-0.1, -0.05) is 80.1 Å². The minimum absolute atomic E-state index is 0.636. The van der Waals surface area contributed by atoms with Crippen LogP contribution in [0.4, 0.5) is 13.2 Å². The van der Waals surface area contributed by atoms with Crippen LogP contribution in [0.2, 0.25) is 0 Å². The normalized spacial score (nSPS) is 24.1. The molecule has 1 aliphatic carbocycles. The minimum atomic E-state index is -4.69. The van der Waals surface area contributed by atoms with Crippen molar-refractivity contribution < 1.29 is 18.0 Å². The average Bonchev–Trinajstić information content (AvgIpc) is 3.17. The van der Waals surface area contributed by atoms with Crippen LogP contribution >= 0.6 is 11.6 Å². The first-order chi connectivity index (χ1) is 14.0. The summed E-state index contributed by atoms with van der Waals surface area (Å²) in [5.41, 5.74) is 1.18. The molecule has 0 spiro atoms. The largest absolute Gasteiger partial charge is 0.426 e. The SMILES string of the molecule is Cc1c(-c2ccccc2)cccc1C(C#N)C1(C=O)C(C=C(Cl)C(F)(F)F)C1(C)C. The molecule has 3 atom stereocenters. The minimum Gasteiger partial charge on any atom is -0.303 e. The molecule has 0 aliphatic heterocycles. The molecule has 0 bridgehead atoms. The molecule has 1 saturated carbocycles. The fourth-order valence-electron chi connectivity index (χ4n) is 4.63. The van der Waals surface area contributed by atoms with Crippen LogP contribution in [0, 0.1) is 35.0 Å². The molecule has 0 aromatic heterocycles. The van der Waals surface area contributed by atoms with Gasteiger partial charge < -0.3 is 4.79 Å². The van der Waals surface area contributed by atoms with Gasteiger partial charge in [0.15, 0.2) is 0 Å². The van der Waals surface area contributed by atoms with Gasteiger partial charge in [0, 0.05) is 0 Å². The number of benzene rings is 2. The number of carbonyl (C=O) groups excluding carboxylic acids is 1. The second-order valence-corrected chi connectivity index (χ2v) is 8.62. The number of allylic oxidation sites excluding steroid dienone is 2. The van der Waals surface area contributed by atoms with E-state index >= 15 is 0 Å². The zero-order valence-corrected chi connectivity index (χ0v) is 17.6. The Bertz CT molecular complexity index is 1040. The first-order valence-corrected chi connectivity index (χ1v) is 9.85. The number of hydrogen-bond acceptors (Lipinski definition) is 2. The van der Waals surface area contributed by atoms with Crippen LogP contribution in [0.25, 0.3) is 11.1 Å². The maximum atomic E-state index is 13.0. The molecule has 156 valence electrons. The third-order valence-corrected chi connectivity index (χ3v) is 6.82. The lowest BCUT2D eigenvalue weighted by Gasteiger charge is -2.23. The number of nitriles is 1. The van der Waals surface area contributed by atoms with Crippen molar-refractivity contribution in [2.24, 2.45) is 16.7 Å². The highest BCUT2D eigenvalue weighted by molar-refractivity contribution is 6.30. The summed E-state index contributed by atoms with van der Waals surface area (Å²) in [4.78, 5) is 12.3. The van der Waals surface area contributed by atoms with Gasteiger partial charge in [-0.3, -0.25) is 0 Å². The second-order valence-electron chi connectivity index (χ2n) is 8.21. The lowest BCUT2D eigenvalue weighted by molar-refractivity contribution is -0.113. The van der Waals surface area contributed by atoms with Gasteiger partial charge in [-0.2, -0.15) is 18.4 Å². The van der Waals surface area contributed by atoms with E-state index < -0.39 is 33.9 Å².